The third kappa shape index (κ3) is 2.33. The number of aliphatic hydroxyl groups excluding tert-OH is 1. The molecule has 0 aliphatic heterocycles. The van der Waals surface area contributed by atoms with Crippen LogP contribution >= 0.6 is 11.3 Å². The van der Waals surface area contributed by atoms with E-state index in [-0.39, 0.29) is 5.56 Å². The number of hydrogen-bond acceptors (Lipinski definition) is 5. The average Bonchev–Trinajstić information content (AvgIpc) is 2.99. The largest absolute Gasteiger partial charge is 0.502 e. The molecule has 0 aliphatic rings. The number of carboxylic acids is 1. The average molecular weight is 264 g/mol. The van der Waals surface area contributed by atoms with Crippen molar-refractivity contribution in [2.24, 2.45) is 0 Å². The maximum atomic E-state index is 11.8. The normalized spacial score (nSPS) is 11.4. The molecular weight excluding hydrogens is 256 g/mol. The van der Waals surface area contributed by atoms with Crippen LogP contribution in [0.5, 0.6) is 0 Å². The SMILES string of the molecule is O=C(O)C(O)=CC(=O)c1cocc1-c1cccs1. The second kappa shape index (κ2) is 4.89. The molecule has 0 aliphatic carbocycles. The van der Waals surface area contributed by atoms with Crippen molar-refractivity contribution >= 4 is 23.1 Å². The molecule has 0 fully saturated rings. The van der Waals surface area contributed by atoms with Crippen molar-refractivity contribution in [2.45, 2.75) is 0 Å². The van der Waals surface area contributed by atoms with Crippen molar-refractivity contribution in [2.75, 3.05) is 0 Å². The summed E-state index contributed by atoms with van der Waals surface area (Å²) in [5.41, 5.74) is 0.787. The number of allylic oxidation sites excluding steroid dienone is 1. The van der Waals surface area contributed by atoms with Crippen LogP contribution in [-0.4, -0.2) is 22.0 Å². The Bertz CT molecular complexity index is 606. The topological polar surface area (TPSA) is 87.7 Å². The van der Waals surface area contributed by atoms with Gasteiger partial charge in [-0.2, -0.15) is 0 Å². The molecule has 0 bridgehead atoms. The summed E-state index contributed by atoms with van der Waals surface area (Å²) < 4.78 is 4.96. The molecule has 0 atom stereocenters. The van der Waals surface area contributed by atoms with E-state index in [0.29, 0.717) is 11.6 Å². The maximum Gasteiger partial charge on any atom is 0.371 e. The number of hydrogen-bond donors (Lipinski definition) is 2. The Morgan fingerprint density at radius 2 is 2.06 bits per heavy atom. The zero-order valence-electron chi connectivity index (χ0n) is 8.99. The first-order chi connectivity index (χ1) is 8.59. The highest BCUT2D eigenvalue weighted by Crippen LogP contribution is 2.29. The lowest BCUT2D eigenvalue weighted by molar-refractivity contribution is -0.135. The fraction of sp³-hybridized carbons (Fsp3) is 0. The van der Waals surface area contributed by atoms with Crippen LogP contribution in [0.1, 0.15) is 10.4 Å². The van der Waals surface area contributed by atoms with Gasteiger partial charge >= 0.3 is 5.97 Å². The summed E-state index contributed by atoms with van der Waals surface area (Å²) in [6.07, 6.45) is 3.29. The quantitative estimate of drug-likeness (QED) is 0.503. The van der Waals surface area contributed by atoms with E-state index in [9.17, 15) is 9.59 Å². The number of ketones is 1. The van der Waals surface area contributed by atoms with Gasteiger partial charge in [-0.05, 0) is 11.4 Å². The van der Waals surface area contributed by atoms with Crippen LogP contribution in [0, 0.1) is 0 Å². The van der Waals surface area contributed by atoms with Crippen molar-refractivity contribution in [1.82, 2.24) is 0 Å². The van der Waals surface area contributed by atoms with Crippen LogP contribution in [0.25, 0.3) is 10.4 Å². The Kier molecular flexibility index (Phi) is 3.29. The molecule has 0 unspecified atom stereocenters. The van der Waals surface area contributed by atoms with Crippen LogP contribution < -0.4 is 0 Å². The van der Waals surface area contributed by atoms with Gasteiger partial charge in [-0.15, -0.1) is 11.3 Å². The molecule has 2 rings (SSSR count). The predicted octanol–water partition coefficient (Wildman–Crippen LogP) is 2.72. The molecule has 0 spiro atoms. The molecule has 0 saturated carbocycles. The van der Waals surface area contributed by atoms with E-state index in [0.717, 1.165) is 4.88 Å². The first kappa shape index (κ1) is 12.1. The first-order valence-electron chi connectivity index (χ1n) is 4.88. The fourth-order valence-corrected chi connectivity index (χ4v) is 2.12. The van der Waals surface area contributed by atoms with E-state index in [2.05, 4.69) is 0 Å². The Morgan fingerprint density at radius 3 is 2.67 bits per heavy atom. The van der Waals surface area contributed by atoms with Gasteiger partial charge < -0.3 is 14.6 Å². The van der Waals surface area contributed by atoms with Crippen LogP contribution in [0.4, 0.5) is 0 Å². The van der Waals surface area contributed by atoms with Gasteiger partial charge in [0.05, 0.1) is 11.8 Å². The minimum Gasteiger partial charge on any atom is -0.502 e. The zero-order valence-corrected chi connectivity index (χ0v) is 9.81. The van der Waals surface area contributed by atoms with Gasteiger partial charge in [0, 0.05) is 16.5 Å². The minimum atomic E-state index is -1.55. The molecule has 0 saturated heterocycles. The molecule has 0 aromatic carbocycles. The summed E-state index contributed by atoms with van der Waals surface area (Å²) in [6, 6.07) is 3.64. The van der Waals surface area contributed by atoms with Crippen molar-refractivity contribution in [3.05, 3.63) is 47.4 Å². The minimum absolute atomic E-state index is 0.213. The molecule has 2 aromatic rings. The summed E-state index contributed by atoms with van der Waals surface area (Å²) in [6.45, 7) is 0. The molecular formula is C12H8O5S. The standard InChI is InChI=1S/C12H8O5S/c13-9(4-10(14)12(15)16)7-5-17-6-8(7)11-2-1-3-18-11/h1-6,14H,(H,15,16). The highest BCUT2D eigenvalue weighted by atomic mass is 32.1. The summed E-state index contributed by atoms with van der Waals surface area (Å²) in [7, 11) is 0. The molecule has 92 valence electrons. The zero-order chi connectivity index (χ0) is 13.1. The van der Waals surface area contributed by atoms with E-state index in [1.165, 1.54) is 23.9 Å². The van der Waals surface area contributed by atoms with Crippen LogP contribution in [0.15, 0.2) is 46.3 Å². The van der Waals surface area contributed by atoms with Gasteiger partial charge in [0.25, 0.3) is 0 Å². The van der Waals surface area contributed by atoms with Crippen molar-refractivity contribution in [3.8, 4) is 10.4 Å². The second-order valence-electron chi connectivity index (χ2n) is 3.38. The Labute approximate surface area is 106 Å². The lowest BCUT2D eigenvalue weighted by Gasteiger charge is -1.96. The molecule has 6 heteroatoms. The highest BCUT2D eigenvalue weighted by molar-refractivity contribution is 7.13. The van der Waals surface area contributed by atoms with Gasteiger partial charge in [0.1, 0.15) is 6.26 Å². The number of furan rings is 1. The summed E-state index contributed by atoms with van der Waals surface area (Å²) in [5, 5.41) is 19.4. The van der Waals surface area contributed by atoms with Crippen LogP contribution in [0.3, 0.4) is 0 Å². The Balaban J connectivity index is 2.36. The number of rotatable bonds is 4. The number of aliphatic carboxylic acids is 1. The molecule has 2 heterocycles. The Hall–Kier alpha value is -2.34. The summed E-state index contributed by atoms with van der Waals surface area (Å²) >= 11 is 1.43. The molecule has 0 radical (unpaired) electrons. The van der Waals surface area contributed by atoms with E-state index >= 15 is 0 Å². The lowest BCUT2D eigenvalue weighted by atomic mass is 10.1. The summed E-state index contributed by atoms with van der Waals surface area (Å²) in [4.78, 5) is 23.0. The van der Waals surface area contributed by atoms with E-state index in [4.69, 9.17) is 14.6 Å². The molecule has 2 aromatic heterocycles. The highest BCUT2D eigenvalue weighted by Gasteiger charge is 2.16. The fourth-order valence-electron chi connectivity index (χ4n) is 1.37. The number of carboxylic acid groups (broad SMARTS) is 1. The van der Waals surface area contributed by atoms with E-state index in [1.807, 2.05) is 17.5 Å². The number of carbonyl (C=O) groups is 2. The second-order valence-corrected chi connectivity index (χ2v) is 4.32. The molecule has 0 amide bonds. The van der Waals surface area contributed by atoms with Crippen molar-refractivity contribution in [1.29, 1.82) is 0 Å². The smallest absolute Gasteiger partial charge is 0.371 e. The molecule has 5 nitrogen and oxygen atoms in total. The molecule has 2 N–H and O–H groups in total. The van der Waals surface area contributed by atoms with E-state index < -0.39 is 17.5 Å². The number of carbonyl (C=O) groups excluding carboxylic acids is 1. The lowest BCUT2D eigenvalue weighted by Crippen LogP contribution is -2.03. The predicted molar refractivity (Wildman–Crippen MR) is 64.7 cm³/mol. The van der Waals surface area contributed by atoms with Crippen LogP contribution in [0.2, 0.25) is 0 Å². The first-order valence-corrected chi connectivity index (χ1v) is 5.76. The number of thiophene rings is 1. The molecule has 18 heavy (non-hydrogen) atoms. The van der Waals surface area contributed by atoms with Crippen molar-refractivity contribution in [3.63, 3.8) is 0 Å². The third-order valence-electron chi connectivity index (χ3n) is 2.20. The van der Waals surface area contributed by atoms with Gasteiger partial charge in [0.15, 0.2) is 5.78 Å². The van der Waals surface area contributed by atoms with Crippen molar-refractivity contribution < 1.29 is 24.2 Å². The third-order valence-corrected chi connectivity index (χ3v) is 3.10. The van der Waals surface area contributed by atoms with Gasteiger partial charge in [-0.25, -0.2) is 4.79 Å². The number of aliphatic hydroxyl groups is 1. The van der Waals surface area contributed by atoms with Gasteiger partial charge in [-0.3, -0.25) is 4.79 Å². The van der Waals surface area contributed by atoms with Gasteiger partial charge in [0.2, 0.25) is 5.76 Å². The van der Waals surface area contributed by atoms with Crippen LogP contribution in [-0.2, 0) is 4.79 Å². The summed E-state index contributed by atoms with van der Waals surface area (Å²) in [5.74, 6) is -3.17. The monoisotopic (exact) mass is 264 g/mol. The maximum absolute atomic E-state index is 11.8. The van der Waals surface area contributed by atoms with Gasteiger partial charge in [-0.1, -0.05) is 6.07 Å². The Morgan fingerprint density at radius 1 is 1.28 bits per heavy atom. The van der Waals surface area contributed by atoms with E-state index in [1.54, 1.807) is 0 Å².